The van der Waals surface area contributed by atoms with Crippen molar-refractivity contribution in [3.05, 3.63) is 11.8 Å². The van der Waals surface area contributed by atoms with Crippen LogP contribution in [0.5, 0.6) is 0 Å². The van der Waals surface area contributed by atoms with E-state index in [1.54, 1.807) is 6.92 Å². The second-order valence-electron chi connectivity index (χ2n) is 7.09. The van der Waals surface area contributed by atoms with Crippen molar-refractivity contribution in [3.8, 4) is 0 Å². The highest BCUT2D eigenvalue weighted by Gasteiger charge is 2.63. The molecule has 0 saturated heterocycles. The number of carbonyl (C=O) groups excluding carboxylic acids is 2. The molecule has 2 bridgehead atoms. The third-order valence-electron chi connectivity index (χ3n) is 5.65. The number of aliphatic imine (C=N–C) groups is 1. The second-order valence-corrected chi connectivity index (χ2v) is 7.09. The summed E-state index contributed by atoms with van der Waals surface area (Å²) in [5, 5.41) is 0. The maximum Gasteiger partial charge on any atom is 0.354 e. The monoisotopic (exact) mass is 275 g/mol. The second kappa shape index (κ2) is 3.80. The SMILES string of the molecule is CC(=O)C(C)C1=NC2=CC3CC(C2(C)OC1=O)C3(C)C. The molecule has 4 rings (SSSR count). The van der Waals surface area contributed by atoms with Gasteiger partial charge in [0.15, 0.2) is 5.60 Å². The highest BCUT2D eigenvalue weighted by molar-refractivity contribution is 6.41. The van der Waals surface area contributed by atoms with Crippen LogP contribution in [-0.4, -0.2) is 23.1 Å². The molecule has 4 heteroatoms. The fourth-order valence-corrected chi connectivity index (χ4v) is 3.87. The van der Waals surface area contributed by atoms with Crippen molar-refractivity contribution < 1.29 is 14.3 Å². The Morgan fingerprint density at radius 3 is 2.65 bits per heavy atom. The van der Waals surface area contributed by atoms with Crippen molar-refractivity contribution in [2.24, 2.45) is 28.2 Å². The first-order chi connectivity index (χ1) is 9.18. The van der Waals surface area contributed by atoms with Crippen molar-refractivity contribution in [3.63, 3.8) is 0 Å². The van der Waals surface area contributed by atoms with E-state index in [0.717, 1.165) is 12.1 Å². The topological polar surface area (TPSA) is 55.7 Å². The first-order valence-electron chi connectivity index (χ1n) is 7.22. The van der Waals surface area contributed by atoms with Crippen molar-refractivity contribution in [1.82, 2.24) is 0 Å². The Morgan fingerprint density at radius 2 is 2.10 bits per heavy atom. The molecule has 0 aromatic rings. The Bertz CT molecular complexity index is 572. The first-order valence-corrected chi connectivity index (χ1v) is 7.22. The number of carbonyl (C=O) groups is 2. The largest absolute Gasteiger partial charge is 0.448 e. The lowest BCUT2D eigenvalue weighted by Gasteiger charge is -2.62. The molecular formula is C16H21NO3. The van der Waals surface area contributed by atoms with Crippen molar-refractivity contribution in [2.75, 3.05) is 0 Å². The van der Waals surface area contributed by atoms with E-state index in [2.05, 4.69) is 24.9 Å². The van der Waals surface area contributed by atoms with Gasteiger partial charge in [-0.3, -0.25) is 4.79 Å². The number of hydrogen-bond donors (Lipinski definition) is 0. The molecule has 20 heavy (non-hydrogen) atoms. The number of esters is 1. The number of Topliss-reactive ketones (excluding diaryl/α,β-unsaturated/α-hetero) is 1. The van der Waals surface area contributed by atoms with E-state index in [9.17, 15) is 9.59 Å². The quantitative estimate of drug-likeness (QED) is 0.728. The van der Waals surface area contributed by atoms with Gasteiger partial charge in [-0.25, -0.2) is 9.79 Å². The van der Waals surface area contributed by atoms with E-state index in [1.807, 2.05) is 6.92 Å². The number of hydrogen-bond acceptors (Lipinski definition) is 4. The van der Waals surface area contributed by atoms with E-state index in [0.29, 0.717) is 11.8 Å². The van der Waals surface area contributed by atoms with Crippen LogP contribution in [0.1, 0.15) is 41.0 Å². The lowest BCUT2D eigenvalue weighted by molar-refractivity contribution is -0.179. The molecule has 108 valence electrons. The average Bonchev–Trinajstić information content (AvgIpc) is 2.34. The minimum atomic E-state index is -0.630. The third kappa shape index (κ3) is 1.51. The molecule has 0 aromatic heterocycles. The van der Waals surface area contributed by atoms with E-state index < -0.39 is 17.5 Å². The van der Waals surface area contributed by atoms with Gasteiger partial charge < -0.3 is 4.74 Å². The van der Waals surface area contributed by atoms with Crippen LogP contribution in [0.2, 0.25) is 0 Å². The molecule has 0 radical (unpaired) electrons. The molecular weight excluding hydrogens is 254 g/mol. The van der Waals surface area contributed by atoms with Gasteiger partial charge in [-0.15, -0.1) is 0 Å². The molecule has 4 atom stereocenters. The van der Waals surface area contributed by atoms with Gasteiger partial charge in [-0.1, -0.05) is 19.9 Å². The summed E-state index contributed by atoms with van der Waals surface area (Å²) in [6.07, 6.45) is 3.19. The van der Waals surface area contributed by atoms with Crippen LogP contribution in [0.25, 0.3) is 0 Å². The van der Waals surface area contributed by atoms with Crippen LogP contribution in [0.3, 0.4) is 0 Å². The van der Waals surface area contributed by atoms with Crippen molar-refractivity contribution in [2.45, 2.75) is 46.6 Å². The summed E-state index contributed by atoms with van der Waals surface area (Å²) in [5.74, 6) is -0.203. The smallest absolute Gasteiger partial charge is 0.354 e. The lowest BCUT2D eigenvalue weighted by Crippen LogP contribution is -2.62. The molecule has 0 amide bonds. The number of nitrogens with zero attached hydrogens (tertiary/aromatic N) is 1. The zero-order valence-corrected chi connectivity index (χ0v) is 12.7. The fourth-order valence-electron chi connectivity index (χ4n) is 3.87. The summed E-state index contributed by atoms with van der Waals surface area (Å²) < 4.78 is 5.76. The molecule has 4 nitrogen and oxygen atoms in total. The van der Waals surface area contributed by atoms with Crippen LogP contribution >= 0.6 is 0 Å². The summed E-state index contributed by atoms with van der Waals surface area (Å²) in [5.41, 5.74) is 0.605. The van der Waals surface area contributed by atoms with E-state index in [1.165, 1.54) is 6.92 Å². The van der Waals surface area contributed by atoms with Gasteiger partial charge in [0.05, 0.1) is 11.6 Å². The van der Waals surface area contributed by atoms with Crippen LogP contribution in [0, 0.1) is 23.2 Å². The van der Waals surface area contributed by atoms with E-state index in [4.69, 9.17) is 4.74 Å². The van der Waals surface area contributed by atoms with Gasteiger partial charge in [0, 0.05) is 5.92 Å². The van der Waals surface area contributed by atoms with Gasteiger partial charge in [0.25, 0.3) is 0 Å². The Kier molecular flexibility index (Phi) is 2.57. The molecule has 4 unspecified atom stereocenters. The molecule has 0 N–H and O–H groups in total. The van der Waals surface area contributed by atoms with Crippen LogP contribution in [0.4, 0.5) is 0 Å². The van der Waals surface area contributed by atoms with Crippen molar-refractivity contribution in [1.29, 1.82) is 0 Å². The molecule has 3 aliphatic carbocycles. The summed E-state index contributed by atoms with van der Waals surface area (Å²) in [6, 6.07) is 0. The molecule has 1 heterocycles. The first kappa shape index (κ1) is 13.5. The van der Waals surface area contributed by atoms with Crippen LogP contribution in [0.15, 0.2) is 16.8 Å². The van der Waals surface area contributed by atoms with Crippen molar-refractivity contribution >= 4 is 17.5 Å². The van der Waals surface area contributed by atoms with E-state index >= 15 is 0 Å². The summed E-state index contributed by atoms with van der Waals surface area (Å²) in [7, 11) is 0. The Labute approximate surface area is 119 Å². The highest BCUT2D eigenvalue weighted by atomic mass is 16.6. The summed E-state index contributed by atoms with van der Waals surface area (Å²) >= 11 is 0. The minimum absolute atomic E-state index is 0.0637. The third-order valence-corrected chi connectivity index (χ3v) is 5.65. The van der Waals surface area contributed by atoms with Gasteiger partial charge >= 0.3 is 5.97 Å². The van der Waals surface area contributed by atoms with Gasteiger partial charge in [0.2, 0.25) is 0 Å². The Balaban J connectivity index is 2.06. The molecule has 1 aliphatic heterocycles. The number of ketones is 1. The predicted octanol–water partition coefficient (Wildman–Crippen LogP) is 2.53. The molecule has 1 saturated carbocycles. The molecule has 4 aliphatic rings. The summed E-state index contributed by atoms with van der Waals surface area (Å²) in [4.78, 5) is 28.2. The normalized spacial score (nSPS) is 38.8. The van der Waals surface area contributed by atoms with Crippen LogP contribution in [-0.2, 0) is 14.3 Å². The number of ether oxygens (including phenoxy) is 1. The van der Waals surface area contributed by atoms with Crippen LogP contribution < -0.4 is 0 Å². The maximum absolute atomic E-state index is 12.2. The van der Waals surface area contributed by atoms with Gasteiger partial charge in [0.1, 0.15) is 11.5 Å². The van der Waals surface area contributed by atoms with Gasteiger partial charge in [-0.2, -0.15) is 0 Å². The fraction of sp³-hybridized carbons (Fsp3) is 0.688. The van der Waals surface area contributed by atoms with E-state index in [-0.39, 0.29) is 16.9 Å². The predicted molar refractivity (Wildman–Crippen MR) is 75.2 cm³/mol. The highest BCUT2D eigenvalue weighted by Crippen LogP contribution is 2.63. The summed E-state index contributed by atoms with van der Waals surface area (Å²) in [6.45, 7) is 9.58. The number of rotatable bonds is 2. The molecule has 0 spiro atoms. The van der Waals surface area contributed by atoms with Gasteiger partial charge in [-0.05, 0) is 38.5 Å². The zero-order valence-electron chi connectivity index (χ0n) is 12.7. The lowest BCUT2D eigenvalue weighted by atomic mass is 9.46. The number of allylic oxidation sites excluding steroid dienone is 1. The molecule has 0 aromatic carbocycles. The standard InChI is InChI=1S/C16H21NO3/c1-8(9(2)18)13-14(19)20-16(5)11-6-10(15(11,3)4)7-12(16)17-13/h7-8,10-11H,6H2,1-5H3. The average molecular weight is 275 g/mol. The minimum Gasteiger partial charge on any atom is -0.448 e. The molecule has 1 fully saturated rings. The Hall–Kier alpha value is -1.45. The Morgan fingerprint density at radius 1 is 1.45 bits per heavy atom. The zero-order chi connectivity index (χ0) is 14.9. The maximum atomic E-state index is 12.2.